The first-order valence-electron chi connectivity index (χ1n) is 11.0. The third-order valence-corrected chi connectivity index (χ3v) is 6.47. The Kier molecular flexibility index (Phi) is 5.14. The molecule has 2 saturated heterocycles. The van der Waals surface area contributed by atoms with Crippen molar-refractivity contribution in [2.75, 3.05) is 11.5 Å². The van der Waals surface area contributed by atoms with Gasteiger partial charge in [0.15, 0.2) is 17.4 Å². The quantitative estimate of drug-likeness (QED) is 0.487. The molecular weight excluding hydrogens is 491 g/mol. The Labute approximate surface area is 199 Å². The lowest BCUT2D eigenvalue weighted by atomic mass is 10.2. The van der Waals surface area contributed by atoms with E-state index in [1.807, 2.05) is 0 Å². The Bertz CT molecular complexity index is 1390. The Morgan fingerprint density at radius 1 is 1.14 bits per heavy atom. The maximum Gasteiger partial charge on any atom is 0.433 e. The van der Waals surface area contributed by atoms with Crippen molar-refractivity contribution in [3.8, 4) is 17.4 Å². The van der Waals surface area contributed by atoms with Crippen LogP contribution < -0.4 is 20.1 Å². The zero-order valence-electron chi connectivity index (χ0n) is 18.3. The van der Waals surface area contributed by atoms with Crippen molar-refractivity contribution < 1.29 is 36.2 Å². The predicted octanol–water partition coefficient (Wildman–Crippen LogP) is 3.67. The van der Waals surface area contributed by atoms with Gasteiger partial charge in [-0.15, -0.1) is 0 Å². The van der Waals surface area contributed by atoms with Gasteiger partial charge in [-0.3, -0.25) is 9.55 Å². The number of alkyl halides is 3. The molecule has 0 radical (unpaired) electrons. The standard InChI is InChI=1S/C23H17F5N4O4/c24-14-3-11(4-15(25)21(14)36-13-1-2-29-18(6-13)23(26,27)28)9-35-19-7-20-31(22(33)30-19)8-16-17-5-12(10-34-17)32(16)20/h1-4,6-7,12,16-17H,5,8-10H2. The molecule has 0 amide bonds. The normalized spacial score (nSPS) is 22.0. The summed E-state index contributed by atoms with van der Waals surface area (Å²) < 4.78 is 85.5. The number of hydrogen-bond acceptors (Lipinski definition) is 7. The molecule has 6 rings (SSSR count). The molecule has 0 N–H and O–H groups in total. The summed E-state index contributed by atoms with van der Waals surface area (Å²) in [5.74, 6) is -2.91. The van der Waals surface area contributed by atoms with E-state index in [0.717, 1.165) is 30.8 Å². The lowest BCUT2D eigenvalue weighted by Crippen LogP contribution is -2.43. The summed E-state index contributed by atoms with van der Waals surface area (Å²) in [4.78, 5) is 21.7. The van der Waals surface area contributed by atoms with E-state index in [2.05, 4.69) is 14.9 Å². The first-order chi connectivity index (χ1) is 17.2. The van der Waals surface area contributed by atoms with Crippen LogP contribution in [0.4, 0.5) is 27.8 Å². The Balaban J connectivity index is 1.19. The minimum absolute atomic E-state index is 0.00759. The van der Waals surface area contributed by atoms with Gasteiger partial charge in [-0.2, -0.15) is 18.2 Å². The van der Waals surface area contributed by atoms with E-state index in [-0.39, 0.29) is 36.2 Å². The Morgan fingerprint density at radius 3 is 2.67 bits per heavy atom. The van der Waals surface area contributed by atoms with Crippen molar-refractivity contribution >= 4 is 5.82 Å². The van der Waals surface area contributed by atoms with Crippen molar-refractivity contribution in [2.24, 2.45) is 0 Å². The monoisotopic (exact) mass is 508 g/mol. The van der Waals surface area contributed by atoms with E-state index in [9.17, 15) is 26.7 Å². The molecule has 1 aromatic carbocycles. The predicted molar refractivity (Wildman–Crippen MR) is 113 cm³/mol. The molecule has 0 spiro atoms. The number of halogens is 5. The van der Waals surface area contributed by atoms with E-state index >= 15 is 0 Å². The second-order valence-electron chi connectivity index (χ2n) is 8.74. The summed E-state index contributed by atoms with van der Waals surface area (Å²) in [6, 6.07) is 5.30. The second-order valence-corrected chi connectivity index (χ2v) is 8.74. The van der Waals surface area contributed by atoms with E-state index in [4.69, 9.17) is 14.2 Å². The average molecular weight is 508 g/mol. The summed E-state index contributed by atoms with van der Waals surface area (Å²) in [6.45, 7) is 0.746. The fourth-order valence-corrected chi connectivity index (χ4v) is 4.93. The van der Waals surface area contributed by atoms with Crippen LogP contribution in [0, 0.1) is 11.6 Å². The highest BCUT2D eigenvalue weighted by atomic mass is 19.4. The molecule has 3 aromatic rings. The molecule has 2 fully saturated rings. The first-order valence-corrected chi connectivity index (χ1v) is 11.0. The molecule has 8 nitrogen and oxygen atoms in total. The zero-order chi connectivity index (χ0) is 25.2. The van der Waals surface area contributed by atoms with Crippen LogP contribution in [0.5, 0.6) is 17.4 Å². The molecule has 188 valence electrons. The maximum atomic E-state index is 14.6. The number of nitrogens with zero attached hydrogens (tertiary/aromatic N) is 4. The molecule has 3 aliphatic heterocycles. The molecule has 13 heteroatoms. The fourth-order valence-electron chi connectivity index (χ4n) is 4.93. The molecule has 0 aliphatic carbocycles. The molecule has 3 atom stereocenters. The lowest BCUT2D eigenvalue weighted by molar-refractivity contribution is -0.141. The number of pyridine rings is 1. The summed E-state index contributed by atoms with van der Waals surface area (Å²) in [6.07, 6.45) is -2.96. The highest BCUT2D eigenvalue weighted by molar-refractivity contribution is 5.51. The van der Waals surface area contributed by atoms with Crippen molar-refractivity contribution in [1.29, 1.82) is 0 Å². The van der Waals surface area contributed by atoms with Crippen LogP contribution in [0.3, 0.4) is 0 Å². The van der Waals surface area contributed by atoms with Gasteiger partial charge in [-0.05, 0) is 30.2 Å². The van der Waals surface area contributed by atoms with Gasteiger partial charge in [0.1, 0.15) is 23.9 Å². The number of aromatic nitrogens is 3. The van der Waals surface area contributed by atoms with Crippen LogP contribution in [0.25, 0.3) is 0 Å². The Morgan fingerprint density at radius 2 is 1.92 bits per heavy atom. The van der Waals surface area contributed by atoms with Crippen LogP contribution in [0.1, 0.15) is 17.7 Å². The average Bonchev–Trinajstić information content (AvgIpc) is 3.53. The van der Waals surface area contributed by atoms with Crippen LogP contribution in [-0.2, 0) is 24.1 Å². The van der Waals surface area contributed by atoms with Gasteiger partial charge < -0.3 is 19.1 Å². The van der Waals surface area contributed by atoms with Crippen molar-refractivity contribution in [1.82, 2.24) is 14.5 Å². The van der Waals surface area contributed by atoms with E-state index < -0.39 is 40.7 Å². The second kappa shape index (κ2) is 8.15. The summed E-state index contributed by atoms with van der Waals surface area (Å²) in [7, 11) is 0. The first kappa shape index (κ1) is 22.7. The van der Waals surface area contributed by atoms with Crippen LogP contribution >= 0.6 is 0 Å². The summed E-state index contributed by atoms with van der Waals surface area (Å²) in [5.41, 5.74) is -1.69. The van der Waals surface area contributed by atoms with Gasteiger partial charge in [-0.25, -0.2) is 13.6 Å². The van der Waals surface area contributed by atoms with Gasteiger partial charge >= 0.3 is 11.9 Å². The topological polar surface area (TPSA) is 78.7 Å². The minimum atomic E-state index is -4.74. The van der Waals surface area contributed by atoms with Gasteiger partial charge in [0.2, 0.25) is 5.88 Å². The number of morpholine rings is 1. The number of anilines is 1. The number of hydrogen-bond donors (Lipinski definition) is 0. The van der Waals surface area contributed by atoms with E-state index in [1.165, 1.54) is 0 Å². The minimum Gasteiger partial charge on any atom is -0.473 e. The van der Waals surface area contributed by atoms with Gasteiger partial charge in [0.05, 0.1) is 31.3 Å². The SMILES string of the molecule is O=c1nc(OCc2cc(F)c(Oc3ccnc(C(F)(F)F)c3)c(F)c2)cc2n1CC1C3CC(CO3)N21. The van der Waals surface area contributed by atoms with Gasteiger partial charge in [-0.1, -0.05) is 0 Å². The van der Waals surface area contributed by atoms with Crippen molar-refractivity contribution in [3.63, 3.8) is 0 Å². The van der Waals surface area contributed by atoms with Crippen LogP contribution in [-0.4, -0.2) is 39.3 Å². The molecular formula is C23H17F5N4O4. The molecule has 3 unspecified atom stereocenters. The smallest absolute Gasteiger partial charge is 0.433 e. The summed E-state index contributed by atoms with van der Waals surface area (Å²) in [5, 5.41) is 0. The Hall–Kier alpha value is -3.74. The highest BCUT2D eigenvalue weighted by Gasteiger charge is 2.51. The number of fused-ring (bicyclic) bond motifs is 7. The fraction of sp³-hybridized carbons (Fsp3) is 0.348. The number of ether oxygens (including phenoxy) is 3. The van der Waals surface area contributed by atoms with Gasteiger partial charge in [0, 0.05) is 18.3 Å². The van der Waals surface area contributed by atoms with E-state index in [0.29, 0.717) is 25.0 Å². The molecule has 0 saturated carbocycles. The van der Waals surface area contributed by atoms with E-state index in [1.54, 1.807) is 10.6 Å². The molecule has 2 bridgehead atoms. The largest absolute Gasteiger partial charge is 0.473 e. The van der Waals surface area contributed by atoms with Crippen LogP contribution in [0.2, 0.25) is 0 Å². The zero-order valence-corrected chi connectivity index (χ0v) is 18.3. The molecule has 3 aliphatic rings. The third-order valence-electron chi connectivity index (χ3n) is 6.47. The highest BCUT2D eigenvalue weighted by Crippen LogP contribution is 2.42. The summed E-state index contributed by atoms with van der Waals surface area (Å²) >= 11 is 0. The number of benzene rings is 1. The molecule has 5 heterocycles. The third kappa shape index (κ3) is 3.83. The van der Waals surface area contributed by atoms with Crippen LogP contribution in [0.15, 0.2) is 41.3 Å². The van der Waals surface area contributed by atoms with Crippen molar-refractivity contribution in [2.45, 2.75) is 43.9 Å². The lowest BCUT2D eigenvalue weighted by Gasteiger charge is -2.30. The molecule has 2 aromatic heterocycles. The number of rotatable bonds is 5. The van der Waals surface area contributed by atoms with Gasteiger partial charge in [0.25, 0.3) is 0 Å². The van der Waals surface area contributed by atoms with Crippen molar-refractivity contribution in [3.05, 3.63) is 69.9 Å². The molecule has 36 heavy (non-hydrogen) atoms. The maximum absolute atomic E-state index is 14.6.